The van der Waals surface area contributed by atoms with Crippen molar-refractivity contribution in [3.8, 4) is 11.5 Å². The summed E-state index contributed by atoms with van der Waals surface area (Å²) >= 11 is 1.73. The van der Waals surface area contributed by atoms with Gasteiger partial charge in [-0.05, 0) is 13.1 Å². The first-order valence-corrected chi connectivity index (χ1v) is 7.32. The molecule has 2 atom stereocenters. The Balaban J connectivity index is 2.85. The Morgan fingerprint density at radius 2 is 2.05 bits per heavy atom. The topological polar surface area (TPSA) is 50.7 Å². The van der Waals surface area contributed by atoms with E-state index in [-0.39, 0.29) is 17.9 Å². The summed E-state index contributed by atoms with van der Waals surface area (Å²) in [4.78, 5) is 0. The highest BCUT2D eigenvalue weighted by molar-refractivity contribution is 7.99. The van der Waals surface area contributed by atoms with Crippen LogP contribution in [0.2, 0.25) is 0 Å². The van der Waals surface area contributed by atoms with Crippen LogP contribution in [0.1, 0.15) is 18.5 Å². The average Bonchev–Trinajstić information content (AvgIpc) is 2.47. The fourth-order valence-electron chi connectivity index (χ4n) is 1.75. The van der Waals surface area contributed by atoms with E-state index in [0.29, 0.717) is 0 Å². The second-order valence-electron chi connectivity index (χ2n) is 4.28. The van der Waals surface area contributed by atoms with Crippen molar-refractivity contribution in [2.75, 3.05) is 33.6 Å². The van der Waals surface area contributed by atoms with Gasteiger partial charge in [0.05, 0.1) is 20.8 Å². The van der Waals surface area contributed by atoms with Crippen LogP contribution in [0.15, 0.2) is 18.2 Å². The number of benzene rings is 1. The van der Waals surface area contributed by atoms with E-state index >= 15 is 0 Å². The van der Waals surface area contributed by atoms with Crippen molar-refractivity contribution in [1.29, 1.82) is 0 Å². The van der Waals surface area contributed by atoms with E-state index in [4.69, 9.17) is 14.6 Å². The fraction of sp³-hybridized carbons (Fsp3) is 0.571. The maximum atomic E-state index is 9.08. The Labute approximate surface area is 119 Å². The number of aliphatic hydroxyl groups excluding tert-OH is 1. The summed E-state index contributed by atoms with van der Waals surface area (Å²) in [5, 5.41) is 12.6. The molecule has 0 bridgehead atoms. The van der Waals surface area contributed by atoms with Gasteiger partial charge in [-0.25, -0.2) is 0 Å². The Morgan fingerprint density at radius 1 is 1.32 bits per heavy atom. The van der Waals surface area contributed by atoms with Crippen LogP contribution < -0.4 is 14.8 Å². The van der Waals surface area contributed by atoms with Crippen LogP contribution in [0.4, 0.5) is 0 Å². The zero-order chi connectivity index (χ0) is 14.3. The van der Waals surface area contributed by atoms with Crippen molar-refractivity contribution < 1.29 is 14.6 Å². The number of hydrogen-bond acceptors (Lipinski definition) is 5. The minimum atomic E-state index is 0.180. The van der Waals surface area contributed by atoms with Gasteiger partial charge < -0.3 is 19.9 Å². The van der Waals surface area contributed by atoms with Crippen molar-refractivity contribution in [3.63, 3.8) is 0 Å². The number of aliphatic hydroxyl groups is 1. The van der Waals surface area contributed by atoms with Gasteiger partial charge >= 0.3 is 0 Å². The second kappa shape index (κ2) is 8.30. The zero-order valence-corrected chi connectivity index (χ0v) is 12.8. The monoisotopic (exact) mass is 285 g/mol. The molecule has 0 aliphatic heterocycles. The molecule has 108 valence electrons. The van der Waals surface area contributed by atoms with E-state index in [1.807, 2.05) is 32.2 Å². The van der Waals surface area contributed by atoms with Gasteiger partial charge in [0.1, 0.15) is 11.5 Å². The number of thioether (sulfide) groups is 1. The third kappa shape index (κ3) is 4.60. The number of rotatable bonds is 8. The maximum absolute atomic E-state index is 9.08. The van der Waals surface area contributed by atoms with Crippen molar-refractivity contribution in [3.05, 3.63) is 23.8 Å². The molecule has 2 N–H and O–H groups in total. The van der Waals surface area contributed by atoms with Crippen LogP contribution in [0.3, 0.4) is 0 Å². The molecule has 0 saturated carbocycles. The summed E-state index contributed by atoms with van der Waals surface area (Å²) in [5.74, 6) is 2.48. The van der Waals surface area contributed by atoms with Crippen molar-refractivity contribution in [2.24, 2.45) is 0 Å². The van der Waals surface area contributed by atoms with E-state index in [1.165, 1.54) is 0 Å². The van der Waals surface area contributed by atoms with E-state index in [9.17, 15) is 0 Å². The summed E-state index contributed by atoms with van der Waals surface area (Å²) in [6.07, 6.45) is 0. The van der Waals surface area contributed by atoms with Crippen LogP contribution in [0.5, 0.6) is 11.5 Å². The predicted molar refractivity (Wildman–Crippen MR) is 80.4 cm³/mol. The molecule has 0 saturated heterocycles. The molecule has 4 nitrogen and oxygen atoms in total. The van der Waals surface area contributed by atoms with Gasteiger partial charge in [-0.1, -0.05) is 13.0 Å². The summed E-state index contributed by atoms with van der Waals surface area (Å²) < 4.78 is 10.6. The molecule has 0 heterocycles. The molecular weight excluding hydrogens is 262 g/mol. The molecule has 0 aliphatic carbocycles. The van der Waals surface area contributed by atoms with E-state index in [1.54, 1.807) is 26.0 Å². The predicted octanol–water partition coefficient (Wildman–Crippen LogP) is 2.08. The lowest BCUT2D eigenvalue weighted by molar-refractivity contribution is 0.300. The van der Waals surface area contributed by atoms with Gasteiger partial charge in [-0.15, -0.1) is 0 Å². The zero-order valence-electron chi connectivity index (χ0n) is 12.0. The Bertz CT molecular complexity index is 387. The number of hydrogen-bond donors (Lipinski definition) is 2. The van der Waals surface area contributed by atoms with Gasteiger partial charge in [0.25, 0.3) is 0 Å². The number of methoxy groups -OCH3 is 2. The first-order chi connectivity index (χ1) is 9.15. The first-order valence-electron chi connectivity index (χ1n) is 6.27. The highest BCUT2D eigenvalue weighted by atomic mass is 32.2. The Morgan fingerprint density at radius 3 is 2.58 bits per heavy atom. The lowest BCUT2D eigenvalue weighted by atomic mass is 10.1. The third-order valence-electron chi connectivity index (χ3n) is 2.97. The Kier molecular flexibility index (Phi) is 7.05. The molecule has 1 aromatic rings. The second-order valence-corrected chi connectivity index (χ2v) is 5.75. The van der Waals surface area contributed by atoms with Gasteiger partial charge in [0, 0.05) is 28.7 Å². The molecule has 0 amide bonds. The highest BCUT2D eigenvalue weighted by Crippen LogP contribution is 2.31. The van der Waals surface area contributed by atoms with E-state index in [0.717, 1.165) is 22.8 Å². The summed E-state index contributed by atoms with van der Waals surface area (Å²) in [6.45, 7) is 2.21. The Hall–Kier alpha value is -0.910. The molecule has 19 heavy (non-hydrogen) atoms. The maximum Gasteiger partial charge on any atom is 0.127 e. The molecule has 1 rings (SSSR count). The van der Waals surface area contributed by atoms with E-state index < -0.39 is 0 Å². The molecule has 0 fully saturated rings. The van der Waals surface area contributed by atoms with Crippen molar-refractivity contribution >= 4 is 11.8 Å². The normalized spacial score (nSPS) is 13.9. The average molecular weight is 285 g/mol. The molecule has 0 radical (unpaired) electrons. The molecule has 0 spiro atoms. The van der Waals surface area contributed by atoms with Gasteiger partial charge in [0.2, 0.25) is 0 Å². The molecule has 5 heteroatoms. The standard InChI is InChI=1S/C14H23NO3S/c1-10(8-16)19-9-13(15-2)12-6-5-11(17-3)7-14(12)18-4/h5-7,10,13,15-16H,8-9H2,1-4H3. The summed E-state index contributed by atoms with van der Waals surface area (Å²) in [5.41, 5.74) is 1.10. The molecule has 1 aromatic carbocycles. The quantitative estimate of drug-likeness (QED) is 0.766. The fourth-order valence-corrected chi connectivity index (χ4v) is 2.72. The lowest BCUT2D eigenvalue weighted by Crippen LogP contribution is -2.21. The SMILES string of the molecule is CNC(CSC(C)CO)c1ccc(OC)cc1OC. The van der Waals surface area contributed by atoms with Crippen molar-refractivity contribution in [1.82, 2.24) is 5.32 Å². The summed E-state index contributed by atoms with van der Waals surface area (Å²) in [6, 6.07) is 6.02. The lowest BCUT2D eigenvalue weighted by Gasteiger charge is -2.21. The van der Waals surface area contributed by atoms with Crippen LogP contribution in [-0.4, -0.2) is 44.0 Å². The molecule has 2 unspecified atom stereocenters. The third-order valence-corrected chi connectivity index (χ3v) is 4.21. The van der Waals surface area contributed by atoms with Gasteiger partial charge in [0.15, 0.2) is 0 Å². The first kappa shape index (κ1) is 16.1. The van der Waals surface area contributed by atoms with Crippen LogP contribution in [0, 0.1) is 0 Å². The number of nitrogens with one attached hydrogen (secondary N) is 1. The van der Waals surface area contributed by atoms with Crippen LogP contribution in [-0.2, 0) is 0 Å². The van der Waals surface area contributed by atoms with Crippen LogP contribution in [0.25, 0.3) is 0 Å². The minimum absolute atomic E-state index is 0.180. The summed E-state index contributed by atoms with van der Waals surface area (Å²) in [7, 11) is 5.23. The van der Waals surface area contributed by atoms with Gasteiger partial charge in [-0.2, -0.15) is 11.8 Å². The molecule has 0 aliphatic rings. The smallest absolute Gasteiger partial charge is 0.127 e. The van der Waals surface area contributed by atoms with Gasteiger partial charge in [-0.3, -0.25) is 0 Å². The minimum Gasteiger partial charge on any atom is -0.497 e. The number of ether oxygens (including phenoxy) is 2. The molecule has 0 aromatic heterocycles. The molecular formula is C14H23NO3S. The van der Waals surface area contributed by atoms with E-state index in [2.05, 4.69) is 5.32 Å². The van der Waals surface area contributed by atoms with Crippen molar-refractivity contribution in [2.45, 2.75) is 18.2 Å². The largest absolute Gasteiger partial charge is 0.497 e. The highest BCUT2D eigenvalue weighted by Gasteiger charge is 2.16. The van der Waals surface area contributed by atoms with Crippen LogP contribution >= 0.6 is 11.8 Å².